The Hall–Kier alpha value is -2.19. The minimum atomic E-state index is -0.118. The van der Waals surface area contributed by atoms with Gasteiger partial charge in [0.2, 0.25) is 5.71 Å². The van der Waals surface area contributed by atoms with Gasteiger partial charge in [0.1, 0.15) is 17.9 Å². The van der Waals surface area contributed by atoms with Crippen molar-refractivity contribution in [3.8, 4) is 0 Å². The van der Waals surface area contributed by atoms with E-state index in [1.54, 1.807) is 0 Å². The quantitative estimate of drug-likeness (QED) is 0.852. The maximum Gasteiger partial charge on any atom is 0.255 e. The standard InChI is InChI=1S/C19H27N5O3/c1-14-15(18(25)20-5-8-23-9-11-26-12-10-23)16-17(21-13-22-19(16)27-14)24-6-3-2-4-7-24/h13H,2-12H2,1H3,(H,20,25). The third kappa shape index (κ3) is 3.91. The highest BCUT2D eigenvalue weighted by atomic mass is 16.5. The van der Waals surface area contributed by atoms with E-state index >= 15 is 0 Å². The summed E-state index contributed by atoms with van der Waals surface area (Å²) in [4.78, 5) is 26.2. The van der Waals surface area contributed by atoms with Gasteiger partial charge in [-0.1, -0.05) is 0 Å². The van der Waals surface area contributed by atoms with E-state index in [0.717, 1.165) is 70.0 Å². The van der Waals surface area contributed by atoms with Crippen molar-refractivity contribution in [1.82, 2.24) is 20.2 Å². The van der Waals surface area contributed by atoms with E-state index in [2.05, 4.69) is 25.1 Å². The first-order valence-corrected chi connectivity index (χ1v) is 9.81. The Morgan fingerprint density at radius 1 is 1.15 bits per heavy atom. The number of aryl methyl sites for hydroxylation is 1. The molecule has 1 N–H and O–H groups in total. The summed E-state index contributed by atoms with van der Waals surface area (Å²) in [5, 5.41) is 3.78. The third-order valence-corrected chi connectivity index (χ3v) is 5.34. The van der Waals surface area contributed by atoms with Crippen LogP contribution < -0.4 is 10.2 Å². The number of rotatable bonds is 5. The summed E-state index contributed by atoms with van der Waals surface area (Å²) in [7, 11) is 0. The van der Waals surface area contributed by atoms with Crippen molar-refractivity contribution in [3.63, 3.8) is 0 Å². The second-order valence-corrected chi connectivity index (χ2v) is 7.17. The van der Waals surface area contributed by atoms with Gasteiger partial charge in [-0.3, -0.25) is 9.69 Å². The fourth-order valence-corrected chi connectivity index (χ4v) is 3.89. The number of furan rings is 1. The highest BCUT2D eigenvalue weighted by Gasteiger charge is 2.25. The van der Waals surface area contributed by atoms with E-state index < -0.39 is 0 Å². The zero-order valence-corrected chi connectivity index (χ0v) is 15.9. The van der Waals surface area contributed by atoms with Crippen LogP contribution in [0.2, 0.25) is 0 Å². The van der Waals surface area contributed by atoms with Crippen LogP contribution in [0.4, 0.5) is 5.82 Å². The van der Waals surface area contributed by atoms with Crippen molar-refractivity contribution < 1.29 is 13.9 Å². The molecule has 146 valence electrons. The molecule has 2 aliphatic rings. The van der Waals surface area contributed by atoms with Crippen LogP contribution in [0.3, 0.4) is 0 Å². The van der Waals surface area contributed by atoms with Gasteiger partial charge >= 0.3 is 0 Å². The number of hydrogen-bond donors (Lipinski definition) is 1. The first kappa shape index (κ1) is 18.2. The van der Waals surface area contributed by atoms with Crippen molar-refractivity contribution in [1.29, 1.82) is 0 Å². The second-order valence-electron chi connectivity index (χ2n) is 7.17. The number of nitrogens with one attached hydrogen (secondary N) is 1. The molecule has 8 nitrogen and oxygen atoms in total. The van der Waals surface area contributed by atoms with Gasteiger partial charge in [0.25, 0.3) is 5.91 Å². The molecule has 0 aliphatic carbocycles. The first-order valence-electron chi connectivity index (χ1n) is 9.81. The number of aromatic nitrogens is 2. The SMILES string of the molecule is Cc1oc2ncnc(N3CCCCC3)c2c1C(=O)NCCN1CCOCC1. The molecule has 4 heterocycles. The van der Waals surface area contributed by atoms with E-state index in [0.29, 0.717) is 23.6 Å². The second kappa shape index (κ2) is 8.22. The lowest BCUT2D eigenvalue weighted by atomic mass is 10.1. The van der Waals surface area contributed by atoms with Gasteiger partial charge in [-0.15, -0.1) is 0 Å². The van der Waals surface area contributed by atoms with E-state index in [4.69, 9.17) is 9.15 Å². The molecular formula is C19H27N5O3. The van der Waals surface area contributed by atoms with Gasteiger partial charge in [-0.05, 0) is 26.2 Å². The van der Waals surface area contributed by atoms with Crippen molar-refractivity contribution in [2.75, 3.05) is 57.4 Å². The fourth-order valence-electron chi connectivity index (χ4n) is 3.89. The Morgan fingerprint density at radius 2 is 1.93 bits per heavy atom. The molecular weight excluding hydrogens is 346 g/mol. The summed E-state index contributed by atoms with van der Waals surface area (Å²) < 4.78 is 11.1. The number of hydrogen-bond acceptors (Lipinski definition) is 7. The zero-order valence-electron chi connectivity index (χ0n) is 15.9. The van der Waals surface area contributed by atoms with Crippen LogP contribution in [-0.2, 0) is 4.74 Å². The molecule has 0 spiro atoms. The highest BCUT2D eigenvalue weighted by Crippen LogP contribution is 2.32. The summed E-state index contributed by atoms with van der Waals surface area (Å²) in [5.74, 6) is 1.29. The molecule has 2 fully saturated rings. The van der Waals surface area contributed by atoms with Crippen LogP contribution in [0.5, 0.6) is 0 Å². The number of carbonyl (C=O) groups excluding carboxylic acids is 1. The van der Waals surface area contributed by atoms with Crippen LogP contribution in [0.25, 0.3) is 11.1 Å². The summed E-state index contributed by atoms with van der Waals surface area (Å²) in [6.07, 6.45) is 5.05. The Morgan fingerprint density at radius 3 is 2.70 bits per heavy atom. The topological polar surface area (TPSA) is 83.7 Å². The minimum Gasteiger partial charge on any atom is -0.442 e. The van der Waals surface area contributed by atoms with Crippen LogP contribution in [-0.4, -0.2) is 73.3 Å². The molecule has 0 saturated carbocycles. The maximum absolute atomic E-state index is 12.9. The maximum atomic E-state index is 12.9. The largest absolute Gasteiger partial charge is 0.442 e. The third-order valence-electron chi connectivity index (χ3n) is 5.34. The number of carbonyl (C=O) groups is 1. The highest BCUT2D eigenvalue weighted by molar-refractivity contribution is 6.10. The molecule has 0 radical (unpaired) electrons. The van der Waals surface area contributed by atoms with Crippen molar-refractivity contribution in [2.24, 2.45) is 0 Å². The number of anilines is 1. The summed E-state index contributed by atoms with van der Waals surface area (Å²) in [5.41, 5.74) is 1.05. The molecule has 1 amide bonds. The molecule has 0 aromatic carbocycles. The lowest BCUT2D eigenvalue weighted by Gasteiger charge is -2.28. The van der Waals surface area contributed by atoms with Crippen molar-refractivity contribution in [3.05, 3.63) is 17.7 Å². The minimum absolute atomic E-state index is 0.118. The normalized spacial score (nSPS) is 18.8. The van der Waals surface area contributed by atoms with Crippen LogP contribution in [0, 0.1) is 6.92 Å². The Balaban J connectivity index is 1.53. The molecule has 2 aliphatic heterocycles. The van der Waals surface area contributed by atoms with Crippen LogP contribution >= 0.6 is 0 Å². The lowest BCUT2D eigenvalue weighted by molar-refractivity contribution is 0.0383. The van der Waals surface area contributed by atoms with E-state index in [-0.39, 0.29) is 5.91 Å². The molecule has 0 bridgehead atoms. The lowest BCUT2D eigenvalue weighted by Crippen LogP contribution is -2.41. The first-order chi connectivity index (χ1) is 13.2. The number of amides is 1. The Labute approximate surface area is 158 Å². The van der Waals surface area contributed by atoms with Gasteiger partial charge in [0.15, 0.2) is 0 Å². The molecule has 2 aromatic rings. The molecule has 2 aromatic heterocycles. The average Bonchev–Trinajstić information content (AvgIpc) is 3.05. The average molecular weight is 373 g/mol. The van der Waals surface area contributed by atoms with Crippen molar-refractivity contribution in [2.45, 2.75) is 26.2 Å². The van der Waals surface area contributed by atoms with Gasteiger partial charge in [-0.25, -0.2) is 9.97 Å². The molecule has 0 unspecified atom stereocenters. The van der Waals surface area contributed by atoms with Gasteiger partial charge < -0.3 is 19.4 Å². The summed E-state index contributed by atoms with van der Waals surface area (Å²) in [6, 6.07) is 0. The number of piperidine rings is 1. The molecule has 4 rings (SSSR count). The van der Waals surface area contributed by atoms with Crippen molar-refractivity contribution >= 4 is 22.8 Å². The monoisotopic (exact) mass is 373 g/mol. The number of ether oxygens (including phenoxy) is 1. The van der Waals surface area contributed by atoms with Gasteiger partial charge in [-0.2, -0.15) is 0 Å². The van der Waals surface area contributed by atoms with Gasteiger partial charge in [0.05, 0.1) is 24.2 Å². The molecule has 8 heteroatoms. The van der Waals surface area contributed by atoms with Gasteiger partial charge in [0, 0.05) is 39.3 Å². The zero-order chi connectivity index (χ0) is 18.6. The summed E-state index contributed by atoms with van der Waals surface area (Å²) >= 11 is 0. The predicted octanol–water partition coefficient (Wildman–Crippen LogP) is 1.58. The number of fused-ring (bicyclic) bond motifs is 1. The van der Waals surface area contributed by atoms with E-state index in [1.165, 1.54) is 12.7 Å². The molecule has 0 atom stereocenters. The smallest absolute Gasteiger partial charge is 0.255 e. The number of nitrogens with zero attached hydrogens (tertiary/aromatic N) is 4. The molecule has 27 heavy (non-hydrogen) atoms. The number of morpholine rings is 1. The van der Waals surface area contributed by atoms with E-state index in [9.17, 15) is 4.79 Å². The predicted molar refractivity (Wildman–Crippen MR) is 102 cm³/mol. The Bertz CT molecular complexity index is 794. The van der Waals surface area contributed by atoms with E-state index in [1.807, 2.05) is 6.92 Å². The Kier molecular flexibility index (Phi) is 5.54. The van der Waals surface area contributed by atoms with Crippen LogP contribution in [0.15, 0.2) is 10.7 Å². The van der Waals surface area contributed by atoms with Crippen LogP contribution in [0.1, 0.15) is 35.4 Å². The molecule has 2 saturated heterocycles. The fraction of sp³-hybridized carbons (Fsp3) is 0.632. The summed E-state index contributed by atoms with van der Waals surface area (Å²) in [6.45, 7) is 8.48.